The van der Waals surface area contributed by atoms with Gasteiger partial charge in [-0.1, -0.05) is 11.6 Å². The second kappa shape index (κ2) is 5.67. The standard InChI is InChI=1S/C15H16ClN3O/c16-12-4-5-14(20)13(8-12)11-9-17-15(18-10-11)19-6-2-1-3-7-19/h4-5,8-10,20H,1-3,6-7H2. The first-order chi connectivity index (χ1) is 9.74. The summed E-state index contributed by atoms with van der Waals surface area (Å²) < 4.78 is 0. The van der Waals surface area contributed by atoms with Crippen molar-refractivity contribution in [2.24, 2.45) is 0 Å². The van der Waals surface area contributed by atoms with E-state index >= 15 is 0 Å². The van der Waals surface area contributed by atoms with Gasteiger partial charge in [0.05, 0.1) is 0 Å². The fraction of sp³-hybridized carbons (Fsp3) is 0.333. The Labute approximate surface area is 123 Å². The summed E-state index contributed by atoms with van der Waals surface area (Å²) in [5.41, 5.74) is 1.42. The molecule has 1 saturated heterocycles. The normalized spacial score (nSPS) is 15.3. The van der Waals surface area contributed by atoms with E-state index in [0.29, 0.717) is 10.6 Å². The summed E-state index contributed by atoms with van der Waals surface area (Å²) >= 11 is 5.96. The molecule has 2 aromatic rings. The van der Waals surface area contributed by atoms with Crippen molar-refractivity contribution in [1.29, 1.82) is 0 Å². The molecule has 0 amide bonds. The second-order valence-corrected chi connectivity index (χ2v) is 5.42. The fourth-order valence-corrected chi connectivity index (χ4v) is 2.63. The molecule has 0 radical (unpaired) electrons. The lowest BCUT2D eigenvalue weighted by Gasteiger charge is -2.26. The highest BCUT2D eigenvalue weighted by molar-refractivity contribution is 6.30. The van der Waals surface area contributed by atoms with Crippen molar-refractivity contribution in [1.82, 2.24) is 9.97 Å². The van der Waals surface area contributed by atoms with Crippen LogP contribution in [0, 0.1) is 0 Å². The topological polar surface area (TPSA) is 49.3 Å². The molecule has 1 aliphatic rings. The van der Waals surface area contributed by atoms with Crippen LogP contribution < -0.4 is 4.90 Å². The van der Waals surface area contributed by atoms with Crippen molar-refractivity contribution in [3.05, 3.63) is 35.6 Å². The molecule has 104 valence electrons. The number of aromatic nitrogens is 2. The molecular formula is C15H16ClN3O. The van der Waals surface area contributed by atoms with E-state index < -0.39 is 0 Å². The Bertz CT molecular complexity index is 595. The van der Waals surface area contributed by atoms with Gasteiger partial charge in [-0.2, -0.15) is 0 Å². The van der Waals surface area contributed by atoms with Crippen molar-refractivity contribution in [2.75, 3.05) is 18.0 Å². The number of phenolic OH excluding ortho intramolecular Hbond substituents is 1. The van der Waals surface area contributed by atoms with E-state index in [1.165, 1.54) is 19.3 Å². The Morgan fingerprint density at radius 3 is 2.45 bits per heavy atom. The van der Waals surface area contributed by atoms with Gasteiger partial charge in [-0.05, 0) is 37.5 Å². The average molecular weight is 290 g/mol. The van der Waals surface area contributed by atoms with Crippen molar-refractivity contribution < 1.29 is 5.11 Å². The third-order valence-corrected chi connectivity index (χ3v) is 3.78. The van der Waals surface area contributed by atoms with Crippen LogP contribution >= 0.6 is 11.6 Å². The zero-order valence-corrected chi connectivity index (χ0v) is 11.8. The number of piperidine rings is 1. The minimum atomic E-state index is 0.184. The van der Waals surface area contributed by atoms with Gasteiger partial charge in [-0.15, -0.1) is 0 Å². The molecule has 2 heterocycles. The van der Waals surface area contributed by atoms with Gasteiger partial charge in [0.2, 0.25) is 5.95 Å². The first-order valence-corrected chi connectivity index (χ1v) is 7.18. The number of hydrogen-bond acceptors (Lipinski definition) is 4. The van der Waals surface area contributed by atoms with Gasteiger partial charge < -0.3 is 10.0 Å². The van der Waals surface area contributed by atoms with Crippen LogP contribution in [0.1, 0.15) is 19.3 Å². The smallest absolute Gasteiger partial charge is 0.225 e. The number of halogens is 1. The minimum absolute atomic E-state index is 0.184. The summed E-state index contributed by atoms with van der Waals surface area (Å²) in [6.45, 7) is 2.03. The van der Waals surface area contributed by atoms with Gasteiger partial charge >= 0.3 is 0 Å². The summed E-state index contributed by atoms with van der Waals surface area (Å²) in [6.07, 6.45) is 7.15. The van der Waals surface area contributed by atoms with Gasteiger partial charge in [-0.25, -0.2) is 9.97 Å². The van der Waals surface area contributed by atoms with E-state index in [1.54, 1.807) is 30.6 Å². The van der Waals surface area contributed by atoms with Crippen LogP contribution in [0.2, 0.25) is 5.02 Å². The maximum absolute atomic E-state index is 9.88. The van der Waals surface area contributed by atoms with Crippen LogP contribution in [0.3, 0.4) is 0 Å². The maximum atomic E-state index is 9.88. The highest BCUT2D eigenvalue weighted by Gasteiger charge is 2.14. The van der Waals surface area contributed by atoms with E-state index in [4.69, 9.17) is 11.6 Å². The van der Waals surface area contributed by atoms with Gasteiger partial charge in [0.25, 0.3) is 0 Å². The molecule has 0 aliphatic carbocycles. The quantitative estimate of drug-likeness (QED) is 0.919. The first-order valence-electron chi connectivity index (χ1n) is 6.80. The lowest BCUT2D eigenvalue weighted by atomic mass is 10.1. The van der Waals surface area contributed by atoms with Gasteiger partial charge in [0.15, 0.2) is 0 Å². The van der Waals surface area contributed by atoms with E-state index in [1.807, 2.05) is 0 Å². The predicted octanol–water partition coefficient (Wildman–Crippen LogP) is 3.49. The molecule has 5 heteroatoms. The number of anilines is 1. The molecule has 0 atom stereocenters. The van der Waals surface area contributed by atoms with Crippen LogP contribution in [0.4, 0.5) is 5.95 Å². The Hall–Kier alpha value is -1.81. The molecule has 0 unspecified atom stereocenters. The molecule has 1 aliphatic heterocycles. The van der Waals surface area contributed by atoms with Gasteiger partial charge in [0, 0.05) is 41.6 Å². The minimum Gasteiger partial charge on any atom is -0.507 e. The van der Waals surface area contributed by atoms with Crippen LogP contribution in [-0.2, 0) is 0 Å². The number of aromatic hydroxyl groups is 1. The largest absolute Gasteiger partial charge is 0.507 e. The molecule has 1 aromatic heterocycles. The molecule has 1 aromatic carbocycles. The Kier molecular flexibility index (Phi) is 3.74. The predicted molar refractivity (Wildman–Crippen MR) is 80.2 cm³/mol. The number of rotatable bonds is 2. The number of nitrogens with zero attached hydrogens (tertiary/aromatic N) is 3. The number of benzene rings is 1. The second-order valence-electron chi connectivity index (χ2n) is 4.98. The SMILES string of the molecule is Oc1ccc(Cl)cc1-c1cnc(N2CCCCC2)nc1. The van der Waals surface area contributed by atoms with Crippen LogP contribution in [0.15, 0.2) is 30.6 Å². The highest BCUT2D eigenvalue weighted by atomic mass is 35.5. The molecule has 3 rings (SSSR count). The molecule has 0 spiro atoms. The Balaban J connectivity index is 1.87. The summed E-state index contributed by atoms with van der Waals surface area (Å²) in [4.78, 5) is 11.0. The molecular weight excluding hydrogens is 274 g/mol. The summed E-state index contributed by atoms with van der Waals surface area (Å²) in [7, 11) is 0. The molecule has 1 fully saturated rings. The van der Waals surface area contributed by atoms with E-state index in [0.717, 1.165) is 24.6 Å². The van der Waals surface area contributed by atoms with Crippen molar-refractivity contribution in [3.8, 4) is 16.9 Å². The summed E-state index contributed by atoms with van der Waals surface area (Å²) in [5.74, 6) is 0.943. The third-order valence-electron chi connectivity index (χ3n) is 3.55. The Morgan fingerprint density at radius 2 is 1.75 bits per heavy atom. The fourth-order valence-electron chi connectivity index (χ4n) is 2.46. The van der Waals surface area contributed by atoms with E-state index in [9.17, 15) is 5.11 Å². The van der Waals surface area contributed by atoms with Crippen molar-refractivity contribution in [2.45, 2.75) is 19.3 Å². The van der Waals surface area contributed by atoms with Crippen LogP contribution in [0.25, 0.3) is 11.1 Å². The van der Waals surface area contributed by atoms with Crippen molar-refractivity contribution in [3.63, 3.8) is 0 Å². The third kappa shape index (κ3) is 2.70. The number of hydrogen-bond donors (Lipinski definition) is 1. The lowest BCUT2D eigenvalue weighted by molar-refractivity contribution is 0.477. The van der Waals surface area contributed by atoms with E-state index in [2.05, 4.69) is 14.9 Å². The Morgan fingerprint density at radius 1 is 1.05 bits per heavy atom. The molecule has 0 bridgehead atoms. The van der Waals surface area contributed by atoms with Crippen molar-refractivity contribution >= 4 is 17.5 Å². The van der Waals surface area contributed by atoms with E-state index in [-0.39, 0.29) is 5.75 Å². The summed E-state index contributed by atoms with van der Waals surface area (Å²) in [5, 5.41) is 10.5. The first kappa shape index (κ1) is 13.2. The average Bonchev–Trinajstić information content (AvgIpc) is 2.51. The van der Waals surface area contributed by atoms with Gasteiger partial charge in [-0.3, -0.25) is 0 Å². The molecule has 4 nitrogen and oxygen atoms in total. The number of phenols is 1. The lowest BCUT2D eigenvalue weighted by Crippen LogP contribution is -2.30. The van der Waals surface area contributed by atoms with Gasteiger partial charge in [0.1, 0.15) is 5.75 Å². The van der Waals surface area contributed by atoms with Crippen LogP contribution in [0.5, 0.6) is 5.75 Å². The zero-order chi connectivity index (χ0) is 13.9. The zero-order valence-electron chi connectivity index (χ0n) is 11.1. The summed E-state index contributed by atoms with van der Waals surface area (Å²) in [6, 6.07) is 4.95. The molecule has 20 heavy (non-hydrogen) atoms. The maximum Gasteiger partial charge on any atom is 0.225 e. The molecule has 1 N–H and O–H groups in total. The van der Waals surface area contributed by atoms with Crippen LogP contribution in [-0.4, -0.2) is 28.2 Å². The molecule has 0 saturated carbocycles. The highest BCUT2D eigenvalue weighted by Crippen LogP contribution is 2.31. The monoisotopic (exact) mass is 289 g/mol.